The molecule has 10 heteroatoms. The molecule has 0 saturated heterocycles. The van der Waals surface area contributed by atoms with Gasteiger partial charge in [0.1, 0.15) is 5.75 Å². The largest absolute Gasteiger partial charge is 0.482 e. The number of carbonyl (C=O) groups is 1. The number of esters is 1. The molecule has 0 fully saturated rings. The lowest BCUT2D eigenvalue weighted by atomic mass is 10.2. The first-order chi connectivity index (χ1) is 14.5. The molecule has 2 heterocycles. The number of halogens is 1. The molecule has 9 nitrogen and oxygen atoms in total. The molecule has 160 valence electrons. The van der Waals surface area contributed by atoms with Crippen LogP contribution in [-0.4, -0.2) is 45.3 Å². The van der Waals surface area contributed by atoms with E-state index in [1.165, 1.54) is 0 Å². The van der Waals surface area contributed by atoms with Crippen LogP contribution in [0.1, 0.15) is 32.3 Å². The average molecular weight is 478 g/mol. The van der Waals surface area contributed by atoms with Gasteiger partial charge in [0.2, 0.25) is 0 Å². The van der Waals surface area contributed by atoms with Crippen molar-refractivity contribution in [1.29, 1.82) is 0 Å². The van der Waals surface area contributed by atoms with Crippen LogP contribution in [0, 0.1) is 0 Å². The molecule has 1 aromatic carbocycles. The molecule has 3 rings (SSSR count). The second-order valence-electron chi connectivity index (χ2n) is 6.47. The van der Waals surface area contributed by atoms with Crippen molar-refractivity contribution in [2.24, 2.45) is 0 Å². The number of hydrogen-bond acceptors (Lipinski definition) is 8. The zero-order chi connectivity index (χ0) is 21.5. The van der Waals surface area contributed by atoms with Gasteiger partial charge in [-0.2, -0.15) is 9.97 Å². The Hall–Kier alpha value is -2.88. The SMILES string of the molecule is CCCCOc1nc(N)c2nc(Br)n(Cc3ccc(OCC(=O)OCC)cc3)c2n1. The van der Waals surface area contributed by atoms with Gasteiger partial charge in [0.05, 0.1) is 19.8 Å². The zero-order valence-corrected chi connectivity index (χ0v) is 18.5. The van der Waals surface area contributed by atoms with Gasteiger partial charge < -0.3 is 19.9 Å². The third-order valence-corrected chi connectivity index (χ3v) is 4.82. The summed E-state index contributed by atoms with van der Waals surface area (Å²) in [4.78, 5) is 24.5. The molecule has 0 atom stereocenters. The summed E-state index contributed by atoms with van der Waals surface area (Å²) in [6, 6.07) is 7.64. The van der Waals surface area contributed by atoms with Crippen LogP contribution in [0.4, 0.5) is 5.82 Å². The Labute approximate surface area is 182 Å². The van der Waals surface area contributed by atoms with Crippen molar-refractivity contribution in [1.82, 2.24) is 19.5 Å². The summed E-state index contributed by atoms with van der Waals surface area (Å²) in [6.07, 6.45) is 1.93. The van der Waals surface area contributed by atoms with E-state index < -0.39 is 5.97 Å². The number of benzene rings is 1. The number of aromatic nitrogens is 4. The molecule has 0 amide bonds. The zero-order valence-electron chi connectivity index (χ0n) is 16.9. The van der Waals surface area contributed by atoms with E-state index in [4.69, 9.17) is 19.9 Å². The number of unbranched alkanes of at least 4 members (excludes halogenated alkanes) is 1. The number of nitrogen functional groups attached to an aromatic ring is 1. The number of ether oxygens (including phenoxy) is 3. The minimum Gasteiger partial charge on any atom is -0.482 e. The highest BCUT2D eigenvalue weighted by Gasteiger charge is 2.16. The molecule has 2 aromatic heterocycles. The number of hydrogen-bond donors (Lipinski definition) is 1. The summed E-state index contributed by atoms with van der Waals surface area (Å²) in [5, 5.41) is 0. The van der Waals surface area contributed by atoms with Crippen LogP contribution in [0.15, 0.2) is 29.0 Å². The summed E-state index contributed by atoms with van der Waals surface area (Å²) < 4.78 is 18.4. The maximum atomic E-state index is 11.4. The fourth-order valence-corrected chi connectivity index (χ4v) is 3.18. The fourth-order valence-electron chi connectivity index (χ4n) is 2.71. The number of rotatable bonds is 10. The number of carbonyl (C=O) groups excluding carboxylic acids is 1. The molecule has 0 aliphatic heterocycles. The predicted octanol–water partition coefficient (Wildman–Crippen LogP) is 3.34. The molecule has 0 aliphatic rings. The van der Waals surface area contributed by atoms with Crippen LogP contribution in [0.2, 0.25) is 0 Å². The van der Waals surface area contributed by atoms with Gasteiger partial charge in [-0.05, 0) is 47.0 Å². The molecule has 30 heavy (non-hydrogen) atoms. The van der Waals surface area contributed by atoms with Gasteiger partial charge in [-0.3, -0.25) is 4.57 Å². The van der Waals surface area contributed by atoms with Crippen LogP contribution in [0.5, 0.6) is 11.8 Å². The smallest absolute Gasteiger partial charge is 0.344 e. The minimum atomic E-state index is -0.398. The van der Waals surface area contributed by atoms with Gasteiger partial charge >= 0.3 is 12.0 Å². The van der Waals surface area contributed by atoms with Crippen LogP contribution >= 0.6 is 15.9 Å². The van der Waals surface area contributed by atoms with Crippen molar-refractivity contribution in [3.05, 3.63) is 34.6 Å². The van der Waals surface area contributed by atoms with Gasteiger partial charge in [-0.15, -0.1) is 0 Å². The van der Waals surface area contributed by atoms with Gasteiger partial charge in [0.25, 0.3) is 0 Å². The first-order valence-corrected chi connectivity index (χ1v) is 10.5. The van der Waals surface area contributed by atoms with E-state index in [-0.39, 0.29) is 18.4 Å². The lowest BCUT2D eigenvalue weighted by Gasteiger charge is -2.09. The van der Waals surface area contributed by atoms with Crippen molar-refractivity contribution < 1.29 is 19.0 Å². The molecule has 0 unspecified atom stereocenters. The van der Waals surface area contributed by atoms with E-state index in [1.54, 1.807) is 19.1 Å². The van der Waals surface area contributed by atoms with Crippen molar-refractivity contribution >= 4 is 38.9 Å². The highest BCUT2D eigenvalue weighted by molar-refractivity contribution is 9.10. The standard InChI is InChI=1S/C20H24BrN5O4/c1-3-5-10-29-20-24-17(22)16-18(25-20)26(19(21)23-16)11-13-6-8-14(9-7-13)30-12-15(27)28-4-2/h6-9H,3-5,10-12H2,1-2H3,(H2,22,24,25). The Bertz CT molecular complexity index is 1010. The van der Waals surface area contributed by atoms with Gasteiger partial charge in [0.15, 0.2) is 28.3 Å². The lowest BCUT2D eigenvalue weighted by molar-refractivity contribution is -0.145. The second kappa shape index (κ2) is 10.2. The molecule has 0 spiro atoms. The van der Waals surface area contributed by atoms with Gasteiger partial charge in [0, 0.05) is 0 Å². The van der Waals surface area contributed by atoms with Crippen LogP contribution < -0.4 is 15.2 Å². The summed E-state index contributed by atoms with van der Waals surface area (Å²) >= 11 is 3.47. The topological polar surface area (TPSA) is 114 Å². The Morgan fingerprint density at radius 1 is 1.13 bits per heavy atom. The minimum absolute atomic E-state index is 0.123. The number of fused-ring (bicyclic) bond motifs is 1. The molecule has 3 aromatic rings. The van der Waals surface area contributed by atoms with E-state index in [2.05, 4.69) is 37.8 Å². The van der Waals surface area contributed by atoms with E-state index in [0.717, 1.165) is 18.4 Å². The van der Waals surface area contributed by atoms with Gasteiger partial charge in [-0.25, -0.2) is 9.78 Å². The van der Waals surface area contributed by atoms with Crippen LogP contribution in [-0.2, 0) is 16.1 Å². The fraction of sp³-hybridized carbons (Fsp3) is 0.400. The monoisotopic (exact) mass is 477 g/mol. The number of nitrogens with two attached hydrogens (primary N) is 1. The Balaban J connectivity index is 1.76. The molecule has 0 bridgehead atoms. The van der Waals surface area contributed by atoms with Gasteiger partial charge in [-0.1, -0.05) is 25.5 Å². The quantitative estimate of drug-likeness (QED) is 0.268. The first kappa shape index (κ1) is 21.8. The summed E-state index contributed by atoms with van der Waals surface area (Å²) in [5.41, 5.74) is 8.14. The Kier molecular flexibility index (Phi) is 7.45. The number of anilines is 1. The van der Waals surface area contributed by atoms with E-state index in [1.807, 2.05) is 16.7 Å². The van der Waals surface area contributed by atoms with Crippen molar-refractivity contribution in [3.8, 4) is 11.8 Å². The molecular weight excluding hydrogens is 454 g/mol. The van der Waals surface area contributed by atoms with E-state index in [0.29, 0.717) is 41.4 Å². The predicted molar refractivity (Wildman–Crippen MR) is 116 cm³/mol. The van der Waals surface area contributed by atoms with Crippen LogP contribution in [0.3, 0.4) is 0 Å². The summed E-state index contributed by atoms with van der Waals surface area (Å²) in [7, 11) is 0. The maximum Gasteiger partial charge on any atom is 0.344 e. The maximum absolute atomic E-state index is 11.4. The lowest BCUT2D eigenvalue weighted by Crippen LogP contribution is -2.14. The molecule has 0 saturated carbocycles. The summed E-state index contributed by atoms with van der Waals surface area (Å²) in [5.74, 6) is 0.456. The summed E-state index contributed by atoms with van der Waals surface area (Å²) in [6.45, 7) is 5.07. The van der Waals surface area contributed by atoms with E-state index in [9.17, 15) is 4.79 Å². The highest BCUT2D eigenvalue weighted by atomic mass is 79.9. The second-order valence-corrected chi connectivity index (χ2v) is 7.18. The molecule has 0 radical (unpaired) electrons. The van der Waals surface area contributed by atoms with Crippen molar-refractivity contribution in [2.75, 3.05) is 25.6 Å². The third-order valence-electron chi connectivity index (χ3n) is 4.21. The molecular formula is C20H24BrN5O4. The average Bonchev–Trinajstić information content (AvgIpc) is 3.04. The normalized spacial score (nSPS) is 10.9. The van der Waals surface area contributed by atoms with Crippen molar-refractivity contribution in [3.63, 3.8) is 0 Å². The molecule has 0 aliphatic carbocycles. The molecule has 2 N–H and O–H groups in total. The Morgan fingerprint density at radius 2 is 1.90 bits per heavy atom. The number of nitrogens with zero attached hydrogens (tertiary/aromatic N) is 4. The third kappa shape index (κ3) is 5.38. The Morgan fingerprint density at radius 3 is 2.60 bits per heavy atom. The van der Waals surface area contributed by atoms with Crippen LogP contribution in [0.25, 0.3) is 11.2 Å². The van der Waals surface area contributed by atoms with Crippen molar-refractivity contribution in [2.45, 2.75) is 33.2 Å². The number of imidazole rings is 1. The highest BCUT2D eigenvalue weighted by Crippen LogP contribution is 2.26. The first-order valence-electron chi connectivity index (χ1n) is 9.71. The van der Waals surface area contributed by atoms with E-state index >= 15 is 0 Å².